The lowest BCUT2D eigenvalue weighted by Crippen LogP contribution is -2.23. The second-order valence-electron chi connectivity index (χ2n) is 4.16. The molecule has 1 aromatic heterocycles. The smallest absolute Gasteiger partial charge is 0.170 e. The molecule has 0 unspecified atom stereocenters. The van der Waals surface area contributed by atoms with Gasteiger partial charge in [0.1, 0.15) is 0 Å². The average molecular weight is 255 g/mol. The van der Waals surface area contributed by atoms with Crippen molar-refractivity contribution in [1.82, 2.24) is 10.3 Å². The molecule has 18 heavy (non-hydrogen) atoms. The van der Waals surface area contributed by atoms with Gasteiger partial charge in [0.05, 0.1) is 0 Å². The Morgan fingerprint density at radius 1 is 1.50 bits per heavy atom. The number of nitrogens with one attached hydrogen (secondary N) is 1. The van der Waals surface area contributed by atoms with Crippen LogP contribution < -0.4 is 10.2 Å². The van der Waals surface area contributed by atoms with Crippen molar-refractivity contribution in [2.24, 2.45) is 0 Å². The van der Waals surface area contributed by atoms with Gasteiger partial charge in [-0.15, -0.1) is 0 Å². The van der Waals surface area contributed by atoms with E-state index < -0.39 is 0 Å². The van der Waals surface area contributed by atoms with Gasteiger partial charge in [0, 0.05) is 45.6 Å². The maximum atomic E-state index is 14.2. The van der Waals surface area contributed by atoms with Gasteiger partial charge in [-0.25, -0.2) is 9.37 Å². The number of halogens is 1. The quantitative estimate of drug-likeness (QED) is 0.719. The SMILES string of the molecule is CCNCc1ccnc(N(C)CCCOC)c1F. The van der Waals surface area contributed by atoms with Gasteiger partial charge in [0.2, 0.25) is 0 Å². The molecule has 1 aromatic rings. The fraction of sp³-hybridized carbons (Fsp3) is 0.615. The van der Waals surface area contributed by atoms with E-state index in [1.807, 2.05) is 18.9 Å². The second kappa shape index (κ2) is 8.00. The first kappa shape index (κ1) is 14.9. The summed E-state index contributed by atoms with van der Waals surface area (Å²) in [7, 11) is 3.51. The van der Waals surface area contributed by atoms with Crippen molar-refractivity contribution in [3.63, 3.8) is 0 Å². The highest BCUT2D eigenvalue weighted by molar-refractivity contribution is 5.42. The van der Waals surface area contributed by atoms with Crippen LogP contribution in [-0.2, 0) is 11.3 Å². The third-order valence-electron chi connectivity index (χ3n) is 2.72. The lowest BCUT2D eigenvalue weighted by Gasteiger charge is -2.19. The van der Waals surface area contributed by atoms with Gasteiger partial charge in [0.15, 0.2) is 11.6 Å². The molecule has 5 heteroatoms. The first-order valence-corrected chi connectivity index (χ1v) is 6.24. The molecule has 0 aliphatic rings. The van der Waals surface area contributed by atoms with Crippen molar-refractivity contribution < 1.29 is 9.13 Å². The van der Waals surface area contributed by atoms with Gasteiger partial charge in [-0.3, -0.25) is 0 Å². The van der Waals surface area contributed by atoms with E-state index in [9.17, 15) is 4.39 Å². The molecule has 1 heterocycles. The summed E-state index contributed by atoms with van der Waals surface area (Å²) in [6.45, 7) is 4.74. The number of anilines is 1. The van der Waals surface area contributed by atoms with Gasteiger partial charge in [-0.2, -0.15) is 0 Å². The topological polar surface area (TPSA) is 37.4 Å². The minimum Gasteiger partial charge on any atom is -0.385 e. The summed E-state index contributed by atoms with van der Waals surface area (Å²) in [5.74, 6) is 0.167. The van der Waals surface area contributed by atoms with E-state index in [4.69, 9.17) is 4.74 Å². The number of hydrogen-bond acceptors (Lipinski definition) is 4. The lowest BCUT2D eigenvalue weighted by atomic mass is 10.2. The summed E-state index contributed by atoms with van der Waals surface area (Å²) in [6, 6.07) is 1.71. The molecule has 1 N–H and O–H groups in total. The predicted molar refractivity (Wildman–Crippen MR) is 71.3 cm³/mol. The van der Waals surface area contributed by atoms with Crippen LogP contribution in [0.25, 0.3) is 0 Å². The van der Waals surface area contributed by atoms with E-state index >= 15 is 0 Å². The Bertz CT molecular complexity index is 360. The van der Waals surface area contributed by atoms with E-state index in [1.54, 1.807) is 19.4 Å². The minimum absolute atomic E-state index is 0.238. The molecule has 0 radical (unpaired) electrons. The van der Waals surface area contributed by atoms with Gasteiger partial charge in [-0.05, 0) is 19.0 Å². The molecular weight excluding hydrogens is 233 g/mol. The van der Waals surface area contributed by atoms with Crippen LogP contribution in [0.5, 0.6) is 0 Å². The van der Waals surface area contributed by atoms with Crippen LogP contribution in [0.1, 0.15) is 18.9 Å². The summed E-state index contributed by atoms with van der Waals surface area (Å²) in [5, 5.41) is 3.12. The van der Waals surface area contributed by atoms with Gasteiger partial charge in [0.25, 0.3) is 0 Å². The Morgan fingerprint density at radius 2 is 2.28 bits per heavy atom. The Morgan fingerprint density at radius 3 is 2.94 bits per heavy atom. The van der Waals surface area contributed by atoms with Crippen LogP contribution in [0.15, 0.2) is 12.3 Å². The molecular formula is C13H22FN3O. The summed E-state index contributed by atoms with van der Waals surface area (Å²) >= 11 is 0. The highest BCUT2D eigenvalue weighted by Gasteiger charge is 2.12. The second-order valence-corrected chi connectivity index (χ2v) is 4.16. The molecule has 0 aliphatic heterocycles. The summed E-state index contributed by atoms with van der Waals surface area (Å²) in [5.41, 5.74) is 0.653. The van der Waals surface area contributed by atoms with Gasteiger partial charge in [-0.1, -0.05) is 6.92 Å². The van der Waals surface area contributed by atoms with E-state index in [0.717, 1.165) is 19.5 Å². The molecule has 0 amide bonds. The standard InChI is InChI=1S/C13H22FN3O/c1-4-15-10-11-6-7-16-13(12(11)14)17(2)8-5-9-18-3/h6-7,15H,4-5,8-10H2,1-3H3. The van der Waals surface area contributed by atoms with E-state index in [-0.39, 0.29) is 5.82 Å². The number of nitrogens with zero attached hydrogens (tertiary/aromatic N) is 2. The molecule has 1 rings (SSSR count). The zero-order valence-electron chi connectivity index (χ0n) is 11.4. The zero-order valence-corrected chi connectivity index (χ0v) is 11.4. The fourth-order valence-electron chi connectivity index (χ4n) is 1.69. The van der Waals surface area contributed by atoms with Crippen molar-refractivity contribution in [2.45, 2.75) is 19.9 Å². The monoisotopic (exact) mass is 255 g/mol. The third kappa shape index (κ3) is 4.23. The Kier molecular flexibility index (Phi) is 6.60. The molecule has 102 valence electrons. The molecule has 0 aromatic carbocycles. The number of pyridine rings is 1. The normalized spacial score (nSPS) is 10.7. The van der Waals surface area contributed by atoms with Crippen LogP contribution in [0.4, 0.5) is 10.2 Å². The lowest BCUT2D eigenvalue weighted by molar-refractivity contribution is 0.196. The summed E-state index contributed by atoms with van der Waals surface area (Å²) in [4.78, 5) is 5.93. The molecule has 0 aliphatic carbocycles. The van der Waals surface area contributed by atoms with Crippen molar-refractivity contribution in [2.75, 3.05) is 38.8 Å². The Hall–Kier alpha value is -1.20. The fourth-order valence-corrected chi connectivity index (χ4v) is 1.69. The Labute approximate surface area is 108 Å². The summed E-state index contributed by atoms with van der Waals surface area (Å²) < 4.78 is 19.2. The van der Waals surface area contributed by atoms with Crippen molar-refractivity contribution >= 4 is 5.82 Å². The first-order chi connectivity index (χ1) is 8.70. The van der Waals surface area contributed by atoms with Crippen LogP contribution in [0.2, 0.25) is 0 Å². The molecule has 4 nitrogen and oxygen atoms in total. The maximum absolute atomic E-state index is 14.2. The van der Waals surface area contributed by atoms with Gasteiger partial charge < -0.3 is 15.0 Å². The van der Waals surface area contributed by atoms with E-state index in [0.29, 0.717) is 24.5 Å². The largest absolute Gasteiger partial charge is 0.385 e. The van der Waals surface area contributed by atoms with Crippen LogP contribution in [0.3, 0.4) is 0 Å². The number of rotatable bonds is 8. The van der Waals surface area contributed by atoms with E-state index in [1.165, 1.54) is 0 Å². The third-order valence-corrected chi connectivity index (χ3v) is 2.72. The van der Waals surface area contributed by atoms with E-state index in [2.05, 4.69) is 10.3 Å². The van der Waals surface area contributed by atoms with Crippen LogP contribution in [0, 0.1) is 5.82 Å². The average Bonchev–Trinajstić information content (AvgIpc) is 2.37. The van der Waals surface area contributed by atoms with Crippen LogP contribution in [-0.4, -0.2) is 38.8 Å². The number of aromatic nitrogens is 1. The molecule has 0 fully saturated rings. The number of ether oxygens (including phenoxy) is 1. The Balaban J connectivity index is 2.69. The molecule has 0 saturated heterocycles. The van der Waals surface area contributed by atoms with Gasteiger partial charge >= 0.3 is 0 Å². The molecule has 0 bridgehead atoms. The van der Waals surface area contributed by atoms with Crippen molar-refractivity contribution in [3.8, 4) is 0 Å². The molecule has 0 spiro atoms. The van der Waals surface area contributed by atoms with Crippen molar-refractivity contribution in [1.29, 1.82) is 0 Å². The highest BCUT2D eigenvalue weighted by Crippen LogP contribution is 2.18. The number of hydrogen-bond donors (Lipinski definition) is 1. The number of methoxy groups -OCH3 is 1. The molecule has 0 saturated carbocycles. The minimum atomic E-state index is -0.238. The van der Waals surface area contributed by atoms with Crippen LogP contribution >= 0.6 is 0 Å². The maximum Gasteiger partial charge on any atom is 0.170 e. The predicted octanol–water partition coefficient (Wildman–Crippen LogP) is 1.80. The zero-order chi connectivity index (χ0) is 13.4. The molecule has 0 atom stereocenters. The first-order valence-electron chi connectivity index (χ1n) is 6.24. The summed E-state index contributed by atoms with van der Waals surface area (Å²) in [6.07, 6.45) is 2.50. The highest BCUT2D eigenvalue weighted by atomic mass is 19.1. The van der Waals surface area contributed by atoms with Crippen molar-refractivity contribution in [3.05, 3.63) is 23.6 Å².